The number of nitrogens with zero attached hydrogens (tertiary/aromatic N) is 2. The fraction of sp³-hybridized carbons (Fsp3) is 0.440. The highest BCUT2D eigenvalue weighted by Crippen LogP contribution is 2.13. The van der Waals surface area contributed by atoms with E-state index in [-0.39, 0.29) is 5.91 Å². The highest BCUT2D eigenvalue weighted by molar-refractivity contribution is 5.93. The number of likely N-dealkylation sites (tertiary alicyclic amines) is 1. The van der Waals surface area contributed by atoms with Crippen molar-refractivity contribution in [1.29, 1.82) is 0 Å². The van der Waals surface area contributed by atoms with E-state index in [4.69, 9.17) is 0 Å². The molecule has 6 heteroatoms. The van der Waals surface area contributed by atoms with E-state index in [0.29, 0.717) is 12.1 Å². The molecule has 1 heterocycles. The Morgan fingerprint density at radius 2 is 1.55 bits per heavy atom. The minimum absolute atomic E-state index is 0.0768. The second kappa shape index (κ2) is 12.1. The van der Waals surface area contributed by atoms with Crippen LogP contribution in [0.2, 0.25) is 0 Å². The molecule has 0 aromatic heterocycles. The van der Waals surface area contributed by atoms with Gasteiger partial charge in [-0.3, -0.25) is 9.69 Å². The monoisotopic (exact) mass is 421 g/mol. The molecule has 31 heavy (non-hydrogen) atoms. The van der Waals surface area contributed by atoms with Gasteiger partial charge in [-0.2, -0.15) is 0 Å². The zero-order valence-corrected chi connectivity index (χ0v) is 18.8. The zero-order chi connectivity index (χ0) is 21.9. The second-order valence-electron chi connectivity index (χ2n) is 7.98. The van der Waals surface area contributed by atoms with Gasteiger partial charge in [0.2, 0.25) is 0 Å². The summed E-state index contributed by atoms with van der Waals surface area (Å²) in [5.74, 6) is 0.710. The lowest BCUT2D eigenvalue weighted by Crippen LogP contribution is -2.36. The van der Waals surface area contributed by atoms with E-state index < -0.39 is 0 Å². The van der Waals surface area contributed by atoms with Crippen molar-refractivity contribution in [3.05, 3.63) is 70.8 Å². The lowest BCUT2D eigenvalue weighted by atomic mass is 10.1. The molecule has 6 nitrogen and oxygen atoms in total. The van der Waals surface area contributed by atoms with Gasteiger partial charge in [0.05, 0.1) is 6.54 Å². The maximum atomic E-state index is 11.7. The van der Waals surface area contributed by atoms with Crippen LogP contribution in [0.4, 0.5) is 0 Å². The Hall–Kier alpha value is -2.86. The normalized spacial score (nSPS) is 14.8. The lowest BCUT2D eigenvalue weighted by Gasteiger charge is -2.26. The van der Waals surface area contributed by atoms with Crippen molar-refractivity contribution in [2.24, 2.45) is 4.99 Å². The van der Waals surface area contributed by atoms with Crippen molar-refractivity contribution >= 4 is 11.9 Å². The first-order valence-corrected chi connectivity index (χ1v) is 11.3. The van der Waals surface area contributed by atoms with E-state index in [0.717, 1.165) is 31.2 Å². The highest BCUT2D eigenvalue weighted by atomic mass is 16.1. The molecule has 3 N–H and O–H groups in total. The van der Waals surface area contributed by atoms with Gasteiger partial charge in [0, 0.05) is 32.2 Å². The molecule has 1 amide bonds. The van der Waals surface area contributed by atoms with Gasteiger partial charge in [-0.15, -0.1) is 0 Å². The summed E-state index contributed by atoms with van der Waals surface area (Å²) in [6, 6.07) is 16.4. The third kappa shape index (κ3) is 7.40. The predicted molar refractivity (Wildman–Crippen MR) is 127 cm³/mol. The van der Waals surface area contributed by atoms with Crippen LogP contribution in [0.1, 0.15) is 53.2 Å². The molecule has 2 aromatic rings. The van der Waals surface area contributed by atoms with Crippen LogP contribution in [0.3, 0.4) is 0 Å². The number of carbonyl (C=O) groups excluding carboxylic acids is 1. The predicted octanol–water partition coefficient (Wildman–Crippen LogP) is 3.29. The number of aliphatic imine (C=N–C) groups is 1. The van der Waals surface area contributed by atoms with E-state index in [1.165, 1.54) is 43.5 Å². The highest BCUT2D eigenvalue weighted by Gasteiger charge is 2.10. The molecule has 1 aliphatic rings. The zero-order valence-electron chi connectivity index (χ0n) is 18.8. The first-order valence-electron chi connectivity index (χ1n) is 11.3. The van der Waals surface area contributed by atoms with Crippen molar-refractivity contribution in [2.45, 2.75) is 45.8 Å². The third-order valence-corrected chi connectivity index (χ3v) is 5.54. The quantitative estimate of drug-likeness (QED) is 0.452. The molecule has 1 fully saturated rings. The molecule has 0 spiro atoms. The Kier molecular flexibility index (Phi) is 8.91. The fourth-order valence-electron chi connectivity index (χ4n) is 3.74. The van der Waals surface area contributed by atoms with E-state index in [1.807, 2.05) is 24.3 Å². The van der Waals surface area contributed by atoms with Gasteiger partial charge in [-0.25, -0.2) is 4.99 Å². The van der Waals surface area contributed by atoms with E-state index in [1.54, 1.807) is 7.05 Å². The van der Waals surface area contributed by atoms with Gasteiger partial charge < -0.3 is 16.0 Å². The first-order chi connectivity index (χ1) is 15.2. The molecule has 166 valence electrons. The molecular formula is C25H35N5O. The van der Waals surface area contributed by atoms with Crippen LogP contribution in [0.25, 0.3) is 0 Å². The largest absolute Gasteiger partial charge is 0.357 e. The summed E-state index contributed by atoms with van der Waals surface area (Å²) in [5, 5.41) is 9.34. The van der Waals surface area contributed by atoms with Crippen molar-refractivity contribution in [3.8, 4) is 0 Å². The van der Waals surface area contributed by atoms with Crippen LogP contribution < -0.4 is 16.0 Å². The number of carbonyl (C=O) groups is 1. The number of nitrogens with one attached hydrogen (secondary N) is 3. The Bertz CT molecular complexity index is 839. The first kappa shape index (κ1) is 22.8. The maximum Gasteiger partial charge on any atom is 0.251 e. The summed E-state index contributed by atoms with van der Waals surface area (Å²) in [4.78, 5) is 18.9. The van der Waals surface area contributed by atoms with Gasteiger partial charge in [0.25, 0.3) is 5.91 Å². The standard InChI is InChI=1S/C25H35N5O/c1-3-27-25(29-18-21-11-13-23(14-12-21)24(31)26-2)28-17-20-7-9-22(10-8-20)19-30-15-5-4-6-16-30/h7-14H,3-6,15-19H2,1-2H3,(H,26,31)(H2,27,28,29). The summed E-state index contributed by atoms with van der Waals surface area (Å²) in [6.45, 7) is 7.64. The van der Waals surface area contributed by atoms with Gasteiger partial charge in [-0.1, -0.05) is 42.8 Å². The van der Waals surface area contributed by atoms with Crippen molar-refractivity contribution < 1.29 is 4.79 Å². The summed E-state index contributed by atoms with van der Waals surface area (Å²) < 4.78 is 0. The topological polar surface area (TPSA) is 68.8 Å². The van der Waals surface area contributed by atoms with Gasteiger partial charge in [0.15, 0.2) is 5.96 Å². The third-order valence-electron chi connectivity index (χ3n) is 5.54. The van der Waals surface area contributed by atoms with E-state index in [2.05, 4.69) is 57.0 Å². The van der Waals surface area contributed by atoms with Crippen molar-refractivity contribution in [2.75, 3.05) is 26.7 Å². The van der Waals surface area contributed by atoms with Gasteiger partial charge in [0.1, 0.15) is 0 Å². The van der Waals surface area contributed by atoms with Crippen LogP contribution in [-0.2, 0) is 19.6 Å². The fourth-order valence-corrected chi connectivity index (χ4v) is 3.74. The number of rotatable bonds is 8. The van der Waals surface area contributed by atoms with Crippen LogP contribution in [-0.4, -0.2) is 43.4 Å². The molecule has 0 unspecified atom stereocenters. The number of hydrogen-bond acceptors (Lipinski definition) is 3. The molecule has 3 rings (SSSR count). The van der Waals surface area contributed by atoms with Gasteiger partial charge in [-0.05, 0) is 61.7 Å². The van der Waals surface area contributed by atoms with E-state index >= 15 is 0 Å². The minimum atomic E-state index is -0.0768. The van der Waals surface area contributed by atoms with Crippen LogP contribution >= 0.6 is 0 Å². The number of amides is 1. The summed E-state index contributed by atoms with van der Waals surface area (Å²) in [6.07, 6.45) is 4.03. The molecule has 0 radical (unpaired) electrons. The molecule has 0 atom stereocenters. The Balaban J connectivity index is 1.51. The minimum Gasteiger partial charge on any atom is -0.357 e. The van der Waals surface area contributed by atoms with Crippen LogP contribution in [0, 0.1) is 0 Å². The molecule has 0 saturated carbocycles. The summed E-state index contributed by atoms with van der Waals surface area (Å²) in [7, 11) is 1.64. The van der Waals surface area contributed by atoms with E-state index in [9.17, 15) is 4.79 Å². The number of guanidine groups is 1. The average Bonchev–Trinajstić information content (AvgIpc) is 2.82. The summed E-state index contributed by atoms with van der Waals surface area (Å²) in [5.41, 5.74) is 4.34. The van der Waals surface area contributed by atoms with Crippen molar-refractivity contribution in [1.82, 2.24) is 20.9 Å². The molecule has 0 bridgehead atoms. The molecular weight excluding hydrogens is 386 g/mol. The van der Waals surface area contributed by atoms with Crippen molar-refractivity contribution in [3.63, 3.8) is 0 Å². The second-order valence-corrected chi connectivity index (χ2v) is 7.98. The van der Waals surface area contributed by atoms with Crippen LogP contribution in [0.5, 0.6) is 0 Å². The number of hydrogen-bond donors (Lipinski definition) is 3. The van der Waals surface area contributed by atoms with Gasteiger partial charge >= 0.3 is 0 Å². The Labute approximate surface area is 186 Å². The molecule has 1 saturated heterocycles. The lowest BCUT2D eigenvalue weighted by molar-refractivity contribution is 0.0963. The number of piperidine rings is 1. The Morgan fingerprint density at radius 3 is 2.19 bits per heavy atom. The molecule has 2 aromatic carbocycles. The smallest absolute Gasteiger partial charge is 0.251 e. The van der Waals surface area contributed by atoms with Crippen LogP contribution in [0.15, 0.2) is 53.5 Å². The molecule has 0 aliphatic carbocycles. The average molecular weight is 422 g/mol. The Morgan fingerprint density at radius 1 is 0.903 bits per heavy atom. The summed E-state index contributed by atoms with van der Waals surface area (Å²) >= 11 is 0. The maximum absolute atomic E-state index is 11.7. The SMILES string of the molecule is CCNC(=NCc1ccc(C(=O)NC)cc1)NCc1ccc(CN2CCCCC2)cc1. The number of benzene rings is 2. The molecule has 1 aliphatic heterocycles.